The van der Waals surface area contributed by atoms with E-state index in [4.69, 9.17) is 19.4 Å². The molecule has 55 heavy (non-hydrogen) atoms. The van der Waals surface area contributed by atoms with Gasteiger partial charge < -0.3 is 4.42 Å². The molecule has 0 saturated carbocycles. The predicted octanol–water partition coefficient (Wildman–Crippen LogP) is 13.6. The van der Waals surface area contributed by atoms with Crippen LogP contribution >= 0.6 is 0 Å². The molecular weight excluding hydrogens is 671 g/mol. The summed E-state index contributed by atoms with van der Waals surface area (Å²) >= 11 is 0. The molecule has 4 heteroatoms. The van der Waals surface area contributed by atoms with Crippen LogP contribution in [0.3, 0.4) is 0 Å². The number of hydrogen-bond donors (Lipinski definition) is 0. The number of fused-ring (bicyclic) bond motifs is 9. The lowest BCUT2D eigenvalue weighted by atomic mass is 9.92. The molecule has 2 aromatic heterocycles. The van der Waals surface area contributed by atoms with E-state index in [1.807, 2.05) is 42.5 Å². The summed E-state index contributed by atoms with van der Waals surface area (Å²) in [6, 6.07) is 65.8. The molecular formula is C51H31N3O. The number of benzene rings is 9. The van der Waals surface area contributed by atoms with Crippen molar-refractivity contribution in [2.45, 2.75) is 0 Å². The summed E-state index contributed by atoms with van der Waals surface area (Å²) in [6.45, 7) is 0. The molecule has 0 unspecified atom stereocenters. The molecule has 2 heterocycles. The first kappa shape index (κ1) is 31.1. The molecule has 0 radical (unpaired) electrons. The van der Waals surface area contributed by atoms with Crippen LogP contribution in [0.15, 0.2) is 192 Å². The minimum absolute atomic E-state index is 0.587. The third-order valence-corrected chi connectivity index (χ3v) is 10.7. The third-order valence-electron chi connectivity index (χ3n) is 10.7. The lowest BCUT2D eigenvalue weighted by Gasteiger charge is -2.13. The van der Waals surface area contributed by atoms with Crippen LogP contribution in [0, 0.1) is 0 Å². The number of hydrogen-bond acceptors (Lipinski definition) is 4. The molecule has 9 aromatic carbocycles. The van der Waals surface area contributed by atoms with Crippen LogP contribution < -0.4 is 0 Å². The number of rotatable bonds is 5. The highest BCUT2D eigenvalue weighted by Crippen LogP contribution is 2.40. The minimum atomic E-state index is 0.587. The highest BCUT2D eigenvalue weighted by atomic mass is 16.3. The van der Waals surface area contributed by atoms with Crippen molar-refractivity contribution < 1.29 is 4.42 Å². The molecule has 0 bridgehead atoms. The molecule has 4 nitrogen and oxygen atoms in total. The number of furan rings is 1. The van der Waals surface area contributed by atoms with Gasteiger partial charge in [-0.05, 0) is 84.9 Å². The Labute approximate surface area is 317 Å². The predicted molar refractivity (Wildman–Crippen MR) is 227 cm³/mol. The highest BCUT2D eigenvalue weighted by Gasteiger charge is 2.17. The van der Waals surface area contributed by atoms with E-state index in [0.717, 1.165) is 60.9 Å². The first-order valence-corrected chi connectivity index (χ1v) is 18.5. The average molecular weight is 702 g/mol. The fourth-order valence-electron chi connectivity index (χ4n) is 8.10. The van der Waals surface area contributed by atoms with Gasteiger partial charge in [-0.15, -0.1) is 0 Å². The van der Waals surface area contributed by atoms with Gasteiger partial charge in [0.2, 0.25) is 0 Å². The van der Waals surface area contributed by atoms with E-state index in [-0.39, 0.29) is 0 Å². The van der Waals surface area contributed by atoms with Crippen LogP contribution in [0.1, 0.15) is 0 Å². The van der Waals surface area contributed by atoms with Crippen molar-refractivity contribution >= 4 is 54.3 Å². The topological polar surface area (TPSA) is 51.8 Å². The Morgan fingerprint density at radius 3 is 1.44 bits per heavy atom. The average Bonchev–Trinajstić information content (AvgIpc) is 3.65. The summed E-state index contributed by atoms with van der Waals surface area (Å²) in [5, 5.41) is 9.70. The van der Waals surface area contributed by atoms with Crippen molar-refractivity contribution in [1.82, 2.24) is 15.0 Å². The second kappa shape index (κ2) is 12.6. The van der Waals surface area contributed by atoms with Crippen molar-refractivity contribution in [2.24, 2.45) is 0 Å². The van der Waals surface area contributed by atoms with Gasteiger partial charge in [-0.25, -0.2) is 15.0 Å². The van der Waals surface area contributed by atoms with Gasteiger partial charge in [0, 0.05) is 27.5 Å². The third kappa shape index (κ3) is 5.26. The van der Waals surface area contributed by atoms with Crippen LogP contribution in [0.25, 0.3) is 111 Å². The largest absolute Gasteiger partial charge is 0.456 e. The van der Waals surface area contributed by atoms with E-state index in [1.165, 1.54) is 32.3 Å². The van der Waals surface area contributed by atoms with Gasteiger partial charge in [0.1, 0.15) is 11.2 Å². The Hall–Kier alpha value is -7.43. The Morgan fingerprint density at radius 1 is 0.273 bits per heavy atom. The van der Waals surface area contributed by atoms with Crippen molar-refractivity contribution in [3.8, 4) is 56.4 Å². The van der Waals surface area contributed by atoms with Crippen LogP contribution in [0.5, 0.6) is 0 Å². The summed E-state index contributed by atoms with van der Waals surface area (Å²) < 4.78 is 6.48. The van der Waals surface area contributed by atoms with Gasteiger partial charge >= 0.3 is 0 Å². The molecule has 0 aliphatic heterocycles. The van der Waals surface area contributed by atoms with Crippen LogP contribution in [-0.4, -0.2) is 15.0 Å². The first-order chi connectivity index (χ1) is 27.2. The number of nitrogens with zero attached hydrogens (tertiary/aromatic N) is 3. The molecule has 0 amide bonds. The van der Waals surface area contributed by atoms with E-state index < -0.39 is 0 Å². The van der Waals surface area contributed by atoms with Gasteiger partial charge in [0.25, 0.3) is 0 Å². The second-order valence-electron chi connectivity index (χ2n) is 14.0. The standard InChI is InChI=1S/C51H31N3O/c1-3-13-32(14-4-1)38-23-12-24-46-48(38)44-28-26-37(31-47(44)55-46)51-53-49(33-15-5-2-6-16-33)52-50(54-51)36-18-11-17-34(29-36)35-25-27-43-41-21-8-7-19-39(41)40-20-9-10-22-42(40)45(43)30-35/h1-31H. The van der Waals surface area contributed by atoms with Gasteiger partial charge in [-0.1, -0.05) is 158 Å². The molecule has 0 aliphatic carbocycles. The maximum Gasteiger partial charge on any atom is 0.164 e. The molecule has 0 N–H and O–H groups in total. The molecule has 0 spiro atoms. The van der Waals surface area contributed by atoms with E-state index in [0.29, 0.717) is 17.5 Å². The van der Waals surface area contributed by atoms with Crippen LogP contribution in [0.4, 0.5) is 0 Å². The zero-order valence-electron chi connectivity index (χ0n) is 29.6. The molecule has 11 rings (SSSR count). The fourth-order valence-corrected chi connectivity index (χ4v) is 8.10. The van der Waals surface area contributed by atoms with Gasteiger partial charge in [0.15, 0.2) is 17.5 Å². The SMILES string of the molecule is c1ccc(-c2nc(-c3cccc(-c4ccc5c6ccccc6c6ccccc6c5c4)c3)nc(-c3ccc4c(c3)oc3cccc(-c5ccccc5)c34)n2)cc1. The first-order valence-electron chi connectivity index (χ1n) is 18.5. The van der Waals surface area contributed by atoms with Crippen molar-refractivity contribution in [2.75, 3.05) is 0 Å². The quantitative estimate of drug-likeness (QED) is 0.168. The van der Waals surface area contributed by atoms with Gasteiger partial charge in [-0.2, -0.15) is 0 Å². The maximum absolute atomic E-state index is 6.48. The van der Waals surface area contributed by atoms with E-state index in [1.54, 1.807) is 0 Å². The van der Waals surface area contributed by atoms with E-state index in [2.05, 4.69) is 146 Å². The summed E-state index contributed by atoms with van der Waals surface area (Å²) in [5.74, 6) is 1.81. The smallest absolute Gasteiger partial charge is 0.164 e. The summed E-state index contributed by atoms with van der Waals surface area (Å²) in [4.78, 5) is 15.2. The molecule has 11 aromatic rings. The lowest BCUT2D eigenvalue weighted by molar-refractivity contribution is 0.669. The minimum Gasteiger partial charge on any atom is -0.456 e. The fraction of sp³-hybridized carbons (Fsp3) is 0. The highest BCUT2D eigenvalue weighted by molar-refractivity contribution is 6.25. The Morgan fingerprint density at radius 2 is 0.745 bits per heavy atom. The van der Waals surface area contributed by atoms with Crippen LogP contribution in [0.2, 0.25) is 0 Å². The Balaban J connectivity index is 1.05. The zero-order valence-corrected chi connectivity index (χ0v) is 29.6. The molecule has 0 fully saturated rings. The molecule has 256 valence electrons. The molecule has 0 atom stereocenters. The van der Waals surface area contributed by atoms with Crippen LogP contribution in [-0.2, 0) is 0 Å². The normalized spacial score (nSPS) is 11.6. The molecule has 0 saturated heterocycles. The number of aromatic nitrogens is 3. The Bertz CT molecular complexity index is 3220. The van der Waals surface area contributed by atoms with Crippen molar-refractivity contribution in [3.05, 3.63) is 188 Å². The van der Waals surface area contributed by atoms with E-state index in [9.17, 15) is 0 Å². The zero-order chi connectivity index (χ0) is 36.3. The summed E-state index contributed by atoms with van der Waals surface area (Å²) in [5.41, 5.74) is 8.87. The second-order valence-corrected chi connectivity index (χ2v) is 14.0. The Kier molecular flexibility index (Phi) is 7.14. The lowest BCUT2D eigenvalue weighted by Crippen LogP contribution is -2.00. The summed E-state index contributed by atoms with van der Waals surface area (Å²) in [6.07, 6.45) is 0. The van der Waals surface area contributed by atoms with Gasteiger partial charge in [0.05, 0.1) is 0 Å². The maximum atomic E-state index is 6.48. The molecule has 0 aliphatic rings. The van der Waals surface area contributed by atoms with Crippen molar-refractivity contribution in [3.63, 3.8) is 0 Å². The monoisotopic (exact) mass is 701 g/mol. The van der Waals surface area contributed by atoms with E-state index >= 15 is 0 Å². The summed E-state index contributed by atoms with van der Waals surface area (Å²) in [7, 11) is 0. The van der Waals surface area contributed by atoms with Gasteiger partial charge in [-0.3, -0.25) is 0 Å². The van der Waals surface area contributed by atoms with Crippen molar-refractivity contribution in [1.29, 1.82) is 0 Å².